The summed E-state index contributed by atoms with van der Waals surface area (Å²) in [5, 5.41) is 15.3. The second-order valence-electron chi connectivity index (χ2n) is 0.266. The van der Waals surface area contributed by atoms with E-state index in [9.17, 15) is 0 Å². The number of hydrogen-bond acceptors (Lipinski definition) is 3. The Morgan fingerprint density at radius 3 is 1.10 bits per heavy atom. The molecule has 0 saturated heterocycles. The molecule has 0 aromatic carbocycles. The second kappa shape index (κ2) is 74.5. The van der Waals surface area contributed by atoms with Crippen molar-refractivity contribution in [1.82, 2.24) is 0 Å². The molecule has 9 heteroatoms. The van der Waals surface area contributed by atoms with E-state index in [2.05, 4.69) is 0 Å². The Morgan fingerprint density at radius 2 is 1.10 bits per heavy atom. The zero-order valence-electron chi connectivity index (χ0n) is 4.53. The van der Waals surface area contributed by atoms with Gasteiger partial charge in [-0.25, -0.2) is 0 Å². The maximum absolute atomic E-state index is 8.44. The van der Waals surface area contributed by atoms with E-state index in [0.717, 1.165) is 0 Å². The Morgan fingerprint density at radius 1 is 1.10 bits per heavy atom. The van der Waals surface area contributed by atoms with Crippen molar-refractivity contribution in [2.45, 2.75) is 0 Å². The van der Waals surface area contributed by atoms with E-state index in [1.165, 1.54) is 0 Å². The summed E-state index contributed by atoms with van der Waals surface area (Å²) >= 11 is 0. The van der Waals surface area contributed by atoms with Crippen molar-refractivity contribution in [2.24, 2.45) is 0 Å². The van der Waals surface area contributed by atoms with Gasteiger partial charge in [-0.2, -0.15) is 0 Å². The van der Waals surface area contributed by atoms with Crippen molar-refractivity contribution in [2.75, 3.05) is 0 Å². The molecule has 0 bridgehead atoms. The van der Waals surface area contributed by atoms with Crippen LogP contribution in [-0.2, 0) is 16.5 Å². The molecule has 0 amide bonds. The summed E-state index contributed by atoms with van der Waals surface area (Å²) in [4.78, 5) is 8.44. The largest absolute Gasteiger partial charge is 2.00 e. The molecule has 0 heterocycles. The Kier molecular flexibility index (Phi) is 796. The predicted molar refractivity (Wildman–Crippen MR) is 24.4 cm³/mol. The maximum Gasteiger partial charge on any atom is 2.00 e. The molecular formula is CH10NiO8. The van der Waals surface area contributed by atoms with Gasteiger partial charge in [0.15, 0.2) is 0 Å². The molecule has 0 aromatic heterocycles. The van der Waals surface area contributed by atoms with Crippen LogP contribution in [0.3, 0.4) is 0 Å². The van der Waals surface area contributed by atoms with E-state index in [0.29, 0.717) is 0 Å². The Balaban J connectivity index is -0.00000000300. The van der Waals surface area contributed by atoms with Crippen LogP contribution in [0.4, 0.5) is 4.79 Å². The monoisotopic (exact) mass is 208 g/mol. The fraction of sp³-hybridized carbons (Fsp3) is 0. The van der Waals surface area contributed by atoms with Crippen LogP contribution in [0.5, 0.6) is 0 Å². The van der Waals surface area contributed by atoms with Crippen molar-refractivity contribution < 1.29 is 58.9 Å². The van der Waals surface area contributed by atoms with Crippen LogP contribution >= 0.6 is 0 Å². The molecule has 0 aliphatic carbocycles. The van der Waals surface area contributed by atoms with Crippen molar-refractivity contribution >= 4 is 6.16 Å². The molecule has 0 atom stereocenters. The first-order valence-electron chi connectivity index (χ1n) is 0.632. The number of rotatable bonds is 0. The van der Waals surface area contributed by atoms with Crippen molar-refractivity contribution in [1.29, 1.82) is 0 Å². The fourth-order valence-electron chi connectivity index (χ4n) is 0. The number of carboxylic acid groups (broad SMARTS) is 2. The summed E-state index contributed by atoms with van der Waals surface area (Å²) in [6.45, 7) is 0. The van der Waals surface area contributed by atoms with Gasteiger partial charge in [0.1, 0.15) is 0 Å². The molecule has 0 fully saturated rings. The zero-order chi connectivity index (χ0) is 3.58. The van der Waals surface area contributed by atoms with Crippen LogP contribution in [0.25, 0.3) is 0 Å². The average molecular weight is 209 g/mol. The Hall–Kier alpha value is -0.436. The van der Waals surface area contributed by atoms with Crippen molar-refractivity contribution in [3.63, 3.8) is 0 Å². The van der Waals surface area contributed by atoms with Crippen LogP contribution in [0.15, 0.2) is 0 Å². The summed E-state index contributed by atoms with van der Waals surface area (Å²) in [6, 6.07) is 0. The SMILES string of the molecule is O.O.O.O.O=C([O-])O.[Ni+2].[OH-]. The van der Waals surface area contributed by atoms with Crippen LogP contribution in [0.1, 0.15) is 0 Å². The standard InChI is InChI=1S/CH2O3.Ni.5H2O/c2-1(3)4;;;;;;/h(H2,2,3,4);;5*1H2/q;+2;;;;;/p-2. The minimum Gasteiger partial charge on any atom is -0.870 e. The van der Waals surface area contributed by atoms with Crippen molar-refractivity contribution in [3.8, 4) is 0 Å². The third kappa shape index (κ3) is 1710. The maximum atomic E-state index is 8.44. The second-order valence-corrected chi connectivity index (χ2v) is 0.266. The van der Waals surface area contributed by atoms with E-state index >= 15 is 0 Å². The first kappa shape index (κ1) is 107. The topological polar surface area (TPSA) is 216 Å². The van der Waals surface area contributed by atoms with Crippen LogP contribution in [-0.4, -0.2) is 38.6 Å². The summed E-state index contributed by atoms with van der Waals surface area (Å²) < 4.78 is 0. The smallest absolute Gasteiger partial charge is 0.870 e. The average Bonchev–Trinajstić information content (AvgIpc) is 0.811. The van der Waals surface area contributed by atoms with Crippen LogP contribution in [0, 0.1) is 0 Å². The Bertz CT molecular complexity index is 32.2. The molecular weight excluding hydrogens is 199 g/mol. The van der Waals surface area contributed by atoms with Gasteiger partial charge in [-0.3, -0.25) is 0 Å². The van der Waals surface area contributed by atoms with E-state index in [1.54, 1.807) is 0 Å². The molecule has 10 N–H and O–H groups in total. The molecule has 0 unspecified atom stereocenters. The van der Waals surface area contributed by atoms with Gasteiger partial charge in [0.25, 0.3) is 0 Å². The normalized spacial score (nSPS) is 2.40. The summed E-state index contributed by atoms with van der Waals surface area (Å²) in [5.74, 6) is 0. The van der Waals surface area contributed by atoms with E-state index in [-0.39, 0.29) is 43.9 Å². The molecule has 0 saturated carbocycles. The zero-order valence-corrected chi connectivity index (χ0v) is 5.51. The molecule has 8 nitrogen and oxygen atoms in total. The molecule has 0 rings (SSSR count). The van der Waals surface area contributed by atoms with Crippen molar-refractivity contribution in [3.05, 3.63) is 0 Å². The van der Waals surface area contributed by atoms with Gasteiger partial charge in [0, 0.05) is 0 Å². The first-order valence-corrected chi connectivity index (χ1v) is 0.632. The van der Waals surface area contributed by atoms with E-state index < -0.39 is 6.16 Å². The van der Waals surface area contributed by atoms with Crippen LogP contribution < -0.4 is 5.11 Å². The minimum atomic E-state index is -2.08. The summed E-state index contributed by atoms with van der Waals surface area (Å²) in [6.07, 6.45) is -2.08. The molecule has 72 valence electrons. The van der Waals surface area contributed by atoms with Gasteiger partial charge < -0.3 is 42.4 Å². The molecule has 0 aliphatic heterocycles. The van der Waals surface area contributed by atoms with Crippen LogP contribution in [0.2, 0.25) is 0 Å². The third-order valence-electron chi connectivity index (χ3n) is 0. The molecule has 0 spiro atoms. The van der Waals surface area contributed by atoms with E-state index in [1.807, 2.05) is 0 Å². The van der Waals surface area contributed by atoms with Gasteiger partial charge >= 0.3 is 16.5 Å². The minimum absolute atomic E-state index is 0. The first-order chi connectivity index (χ1) is 1.73. The Labute approximate surface area is 65.9 Å². The third-order valence-corrected chi connectivity index (χ3v) is 0. The predicted octanol–water partition coefficient (Wildman–Crippen LogP) is -4.59. The van der Waals surface area contributed by atoms with Gasteiger partial charge in [0.2, 0.25) is 6.16 Å². The van der Waals surface area contributed by atoms with Gasteiger partial charge in [0.05, 0.1) is 0 Å². The quantitative estimate of drug-likeness (QED) is 0.388. The van der Waals surface area contributed by atoms with Gasteiger partial charge in [-0.1, -0.05) is 0 Å². The molecule has 0 radical (unpaired) electrons. The van der Waals surface area contributed by atoms with Gasteiger partial charge in [-0.15, -0.1) is 0 Å². The fourth-order valence-corrected chi connectivity index (χ4v) is 0. The number of carbonyl (C=O) groups is 1. The molecule has 10 heavy (non-hydrogen) atoms. The van der Waals surface area contributed by atoms with E-state index in [4.69, 9.17) is 15.0 Å². The molecule has 0 aromatic rings. The number of hydrogen-bond donors (Lipinski definition) is 1. The van der Waals surface area contributed by atoms with Gasteiger partial charge in [-0.05, 0) is 0 Å². The summed E-state index contributed by atoms with van der Waals surface area (Å²) in [7, 11) is 0. The summed E-state index contributed by atoms with van der Waals surface area (Å²) in [5.41, 5.74) is 0. The molecule has 0 aliphatic rings.